The van der Waals surface area contributed by atoms with Gasteiger partial charge in [0.1, 0.15) is 0 Å². The fourth-order valence-corrected chi connectivity index (χ4v) is 3.13. The summed E-state index contributed by atoms with van der Waals surface area (Å²) in [5.41, 5.74) is 3.25. The molecule has 0 radical (unpaired) electrons. The van der Waals surface area contributed by atoms with E-state index >= 15 is 0 Å². The molecule has 2 aromatic rings. The third-order valence-corrected chi connectivity index (χ3v) is 4.37. The van der Waals surface area contributed by atoms with Crippen LogP contribution in [0.1, 0.15) is 45.1 Å². The number of thiophene rings is 1. The van der Waals surface area contributed by atoms with E-state index in [0.29, 0.717) is 5.92 Å². The van der Waals surface area contributed by atoms with Gasteiger partial charge in [-0.15, -0.1) is 11.3 Å². The number of hydrogen-bond donors (Lipinski definition) is 0. The molecule has 0 saturated heterocycles. The lowest BCUT2D eigenvalue weighted by Gasteiger charge is -2.06. The normalized spacial score (nSPS) is 11.0. The van der Waals surface area contributed by atoms with Crippen molar-refractivity contribution in [1.29, 1.82) is 0 Å². The van der Waals surface area contributed by atoms with Crippen molar-refractivity contribution in [1.82, 2.24) is 0 Å². The van der Waals surface area contributed by atoms with Gasteiger partial charge >= 0.3 is 0 Å². The molecule has 1 heterocycles. The molecular weight excluding hydrogens is 252 g/mol. The van der Waals surface area contributed by atoms with Crippen LogP contribution >= 0.6 is 11.3 Å². The lowest BCUT2D eigenvalue weighted by molar-refractivity contribution is 0.104. The zero-order valence-corrected chi connectivity index (χ0v) is 12.8. The Morgan fingerprint density at radius 3 is 2.53 bits per heavy atom. The molecule has 1 aromatic carbocycles. The van der Waals surface area contributed by atoms with Gasteiger partial charge in [0.25, 0.3) is 0 Å². The SMILES string of the molecule is Cc1cc(C(=O)c2cccc(CC(C)C)c2)sc1C. The molecule has 2 rings (SSSR count). The van der Waals surface area contributed by atoms with Gasteiger partial charge in [0.05, 0.1) is 4.88 Å². The first-order chi connectivity index (χ1) is 8.97. The molecule has 0 amide bonds. The van der Waals surface area contributed by atoms with Crippen LogP contribution < -0.4 is 0 Å². The van der Waals surface area contributed by atoms with Crippen LogP contribution in [0, 0.1) is 19.8 Å². The average Bonchev–Trinajstić information content (AvgIpc) is 2.68. The quantitative estimate of drug-likeness (QED) is 0.731. The van der Waals surface area contributed by atoms with Gasteiger partial charge < -0.3 is 0 Å². The Morgan fingerprint density at radius 2 is 1.95 bits per heavy atom. The summed E-state index contributed by atoms with van der Waals surface area (Å²) in [6.07, 6.45) is 1.02. The summed E-state index contributed by atoms with van der Waals surface area (Å²) >= 11 is 1.59. The van der Waals surface area contributed by atoms with Crippen molar-refractivity contribution in [3.8, 4) is 0 Å². The second kappa shape index (κ2) is 5.70. The number of aryl methyl sites for hydroxylation is 2. The Morgan fingerprint density at radius 1 is 1.21 bits per heavy atom. The Kier molecular flexibility index (Phi) is 4.20. The summed E-state index contributed by atoms with van der Waals surface area (Å²) in [7, 11) is 0. The van der Waals surface area contributed by atoms with Gasteiger partial charge in [-0.25, -0.2) is 0 Å². The van der Waals surface area contributed by atoms with Crippen molar-refractivity contribution >= 4 is 17.1 Å². The Hall–Kier alpha value is -1.41. The molecule has 0 fully saturated rings. The molecule has 2 heteroatoms. The van der Waals surface area contributed by atoms with E-state index in [4.69, 9.17) is 0 Å². The first kappa shape index (κ1) is 14.0. The second-order valence-electron chi connectivity index (χ2n) is 5.48. The average molecular weight is 272 g/mol. The topological polar surface area (TPSA) is 17.1 Å². The van der Waals surface area contributed by atoms with E-state index in [2.05, 4.69) is 33.8 Å². The molecule has 19 heavy (non-hydrogen) atoms. The van der Waals surface area contributed by atoms with Crippen molar-refractivity contribution in [3.05, 3.63) is 56.8 Å². The molecule has 0 aliphatic heterocycles. The van der Waals surface area contributed by atoms with Gasteiger partial charge in [-0.2, -0.15) is 0 Å². The maximum Gasteiger partial charge on any atom is 0.202 e. The molecule has 1 nitrogen and oxygen atoms in total. The third kappa shape index (κ3) is 3.32. The van der Waals surface area contributed by atoms with Crippen LogP contribution in [0.2, 0.25) is 0 Å². The minimum Gasteiger partial charge on any atom is -0.288 e. The molecule has 1 aromatic heterocycles. The molecule has 0 aliphatic rings. The van der Waals surface area contributed by atoms with E-state index in [1.165, 1.54) is 16.0 Å². The number of carbonyl (C=O) groups is 1. The van der Waals surface area contributed by atoms with Crippen molar-refractivity contribution < 1.29 is 4.79 Å². The molecule has 0 atom stereocenters. The maximum absolute atomic E-state index is 12.5. The van der Waals surface area contributed by atoms with Crippen LogP contribution in [-0.2, 0) is 6.42 Å². The number of ketones is 1. The zero-order valence-electron chi connectivity index (χ0n) is 12.0. The van der Waals surface area contributed by atoms with Gasteiger partial charge in [-0.05, 0) is 49.4 Å². The first-order valence-electron chi connectivity index (χ1n) is 6.68. The van der Waals surface area contributed by atoms with Crippen molar-refractivity contribution in [2.45, 2.75) is 34.1 Å². The van der Waals surface area contributed by atoms with Crippen LogP contribution in [0.4, 0.5) is 0 Å². The number of hydrogen-bond acceptors (Lipinski definition) is 2. The molecule has 100 valence electrons. The second-order valence-corrected chi connectivity index (χ2v) is 6.73. The van der Waals surface area contributed by atoms with Gasteiger partial charge in [-0.1, -0.05) is 32.0 Å². The van der Waals surface area contributed by atoms with Gasteiger partial charge in [0, 0.05) is 10.4 Å². The number of benzene rings is 1. The minimum atomic E-state index is 0.145. The molecule has 0 unspecified atom stereocenters. The minimum absolute atomic E-state index is 0.145. The number of carbonyl (C=O) groups excluding carboxylic acids is 1. The van der Waals surface area contributed by atoms with Crippen LogP contribution in [0.5, 0.6) is 0 Å². The third-order valence-electron chi connectivity index (χ3n) is 3.22. The fourth-order valence-electron chi connectivity index (χ4n) is 2.14. The molecule has 0 spiro atoms. The van der Waals surface area contributed by atoms with E-state index in [0.717, 1.165) is 16.9 Å². The highest BCUT2D eigenvalue weighted by Gasteiger charge is 2.13. The fraction of sp³-hybridized carbons (Fsp3) is 0.353. The van der Waals surface area contributed by atoms with Crippen LogP contribution in [0.25, 0.3) is 0 Å². The van der Waals surface area contributed by atoms with E-state index in [-0.39, 0.29) is 5.78 Å². The van der Waals surface area contributed by atoms with Crippen molar-refractivity contribution in [2.24, 2.45) is 5.92 Å². The predicted octanol–water partition coefficient (Wildman–Crippen LogP) is 4.79. The van der Waals surface area contributed by atoms with E-state index in [9.17, 15) is 4.79 Å². The predicted molar refractivity (Wildman–Crippen MR) is 82.2 cm³/mol. The van der Waals surface area contributed by atoms with E-state index in [1.54, 1.807) is 11.3 Å². The molecular formula is C17H20OS. The zero-order chi connectivity index (χ0) is 14.0. The first-order valence-corrected chi connectivity index (χ1v) is 7.49. The summed E-state index contributed by atoms with van der Waals surface area (Å²) in [5, 5.41) is 0. The molecule has 0 bridgehead atoms. The summed E-state index contributed by atoms with van der Waals surface area (Å²) in [6, 6.07) is 10.0. The van der Waals surface area contributed by atoms with Crippen molar-refractivity contribution in [2.75, 3.05) is 0 Å². The highest BCUT2D eigenvalue weighted by atomic mass is 32.1. The van der Waals surface area contributed by atoms with Crippen LogP contribution in [0.3, 0.4) is 0 Å². The Bertz CT molecular complexity index is 574. The van der Waals surface area contributed by atoms with E-state index < -0.39 is 0 Å². The summed E-state index contributed by atoms with van der Waals surface area (Å²) in [4.78, 5) is 14.5. The lowest BCUT2D eigenvalue weighted by Crippen LogP contribution is -2.01. The van der Waals surface area contributed by atoms with E-state index in [1.807, 2.05) is 24.3 Å². The van der Waals surface area contributed by atoms with Gasteiger partial charge in [0.2, 0.25) is 5.78 Å². The largest absolute Gasteiger partial charge is 0.288 e. The molecule has 0 aliphatic carbocycles. The summed E-state index contributed by atoms with van der Waals surface area (Å²) in [6.45, 7) is 8.50. The van der Waals surface area contributed by atoms with Crippen molar-refractivity contribution in [3.63, 3.8) is 0 Å². The smallest absolute Gasteiger partial charge is 0.202 e. The standard InChI is InChI=1S/C17H20OS/c1-11(2)8-14-6-5-7-15(10-14)17(18)16-9-12(3)13(4)19-16/h5-7,9-11H,8H2,1-4H3. The highest BCUT2D eigenvalue weighted by molar-refractivity contribution is 7.14. The molecule has 0 saturated carbocycles. The molecule has 0 N–H and O–H groups in total. The van der Waals surface area contributed by atoms with Crippen LogP contribution in [-0.4, -0.2) is 5.78 Å². The Balaban J connectivity index is 2.28. The van der Waals surface area contributed by atoms with Crippen LogP contribution in [0.15, 0.2) is 30.3 Å². The summed E-state index contributed by atoms with van der Waals surface area (Å²) in [5.74, 6) is 0.753. The summed E-state index contributed by atoms with van der Waals surface area (Å²) < 4.78 is 0. The maximum atomic E-state index is 12.5. The lowest BCUT2D eigenvalue weighted by atomic mass is 9.99. The highest BCUT2D eigenvalue weighted by Crippen LogP contribution is 2.24. The Labute approximate surface area is 119 Å². The monoisotopic (exact) mass is 272 g/mol. The van der Waals surface area contributed by atoms with Gasteiger partial charge in [0.15, 0.2) is 0 Å². The number of rotatable bonds is 4. The van der Waals surface area contributed by atoms with Gasteiger partial charge in [-0.3, -0.25) is 4.79 Å².